The molecule has 0 heterocycles. The summed E-state index contributed by atoms with van der Waals surface area (Å²) in [7, 11) is 0. The average molecular weight is 348 g/mol. The average Bonchev–Trinajstić information content (AvgIpc) is 2.87. The highest BCUT2D eigenvalue weighted by Crippen LogP contribution is 2.35. The van der Waals surface area contributed by atoms with Gasteiger partial charge in [0.25, 0.3) is 0 Å². The first-order valence-corrected chi connectivity index (χ1v) is 8.20. The quantitative estimate of drug-likeness (QED) is 0.843. The van der Waals surface area contributed by atoms with Gasteiger partial charge in [0.2, 0.25) is 0 Å². The Morgan fingerprint density at radius 2 is 2.14 bits per heavy atom. The molecule has 0 spiro atoms. The van der Waals surface area contributed by atoms with E-state index >= 15 is 0 Å². The molecule has 1 atom stereocenters. The number of benzene rings is 2. The number of hydrogen-bond donors (Lipinski definition) is 1. The molecule has 1 unspecified atom stereocenters. The van der Waals surface area contributed by atoms with E-state index in [1.54, 1.807) is 0 Å². The number of hydrogen-bond acceptors (Lipinski definition) is 1. The van der Waals surface area contributed by atoms with E-state index in [1.165, 1.54) is 11.1 Å². The Kier molecular flexibility index (Phi) is 4.41. The van der Waals surface area contributed by atoms with Crippen molar-refractivity contribution in [3.63, 3.8) is 0 Å². The van der Waals surface area contributed by atoms with Crippen LogP contribution in [0.25, 0.3) is 0 Å². The monoisotopic (exact) mass is 347 g/mol. The van der Waals surface area contributed by atoms with Crippen LogP contribution in [0.4, 0.5) is 4.39 Å². The predicted octanol–water partition coefficient (Wildman–Crippen LogP) is 4.72. The van der Waals surface area contributed by atoms with Crippen molar-refractivity contribution in [3.05, 3.63) is 68.9 Å². The van der Waals surface area contributed by atoms with E-state index < -0.39 is 0 Å². The molecule has 21 heavy (non-hydrogen) atoms. The Morgan fingerprint density at radius 1 is 1.29 bits per heavy atom. The van der Waals surface area contributed by atoms with Gasteiger partial charge in [-0.15, -0.1) is 0 Å². The first-order valence-electron chi connectivity index (χ1n) is 7.41. The molecule has 0 aliphatic heterocycles. The van der Waals surface area contributed by atoms with E-state index in [1.807, 2.05) is 12.1 Å². The normalized spacial score (nSPS) is 17.0. The third-order valence-electron chi connectivity index (χ3n) is 4.18. The molecule has 1 aliphatic rings. The van der Waals surface area contributed by atoms with E-state index in [2.05, 4.69) is 52.4 Å². The summed E-state index contributed by atoms with van der Waals surface area (Å²) in [6, 6.07) is 12.7. The van der Waals surface area contributed by atoms with Crippen molar-refractivity contribution in [2.75, 3.05) is 6.54 Å². The van der Waals surface area contributed by atoms with E-state index in [0.717, 1.165) is 36.9 Å². The Morgan fingerprint density at radius 3 is 2.95 bits per heavy atom. The van der Waals surface area contributed by atoms with Crippen LogP contribution in [0.5, 0.6) is 0 Å². The van der Waals surface area contributed by atoms with E-state index in [9.17, 15) is 4.39 Å². The van der Waals surface area contributed by atoms with Crippen LogP contribution in [0.3, 0.4) is 0 Å². The molecule has 0 radical (unpaired) electrons. The third kappa shape index (κ3) is 3.19. The zero-order valence-electron chi connectivity index (χ0n) is 12.1. The van der Waals surface area contributed by atoms with Gasteiger partial charge in [-0.2, -0.15) is 0 Å². The van der Waals surface area contributed by atoms with Crippen LogP contribution in [0.15, 0.2) is 40.9 Å². The standard InChI is InChI=1S/C18H19BrFN/c1-12-3-2-4-13(11-12)9-10-21-17-8-6-15-14(17)5-7-16(19)18(15)20/h2-5,7,11,17,21H,6,8-10H2,1H3. The molecule has 1 aliphatic carbocycles. The summed E-state index contributed by atoms with van der Waals surface area (Å²) in [6.45, 7) is 3.04. The summed E-state index contributed by atoms with van der Waals surface area (Å²) in [5, 5.41) is 3.57. The fourth-order valence-electron chi connectivity index (χ4n) is 3.10. The van der Waals surface area contributed by atoms with E-state index in [0.29, 0.717) is 4.47 Å². The second-order valence-electron chi connectivity index (χ2n) is 5.71. The SMILES string of the molecule is Cc1cccc(CCNC2CCc3c2ccc(Br)c3F)c1. The summed E-state index contributed by atoms with van der Waals surface area (Å²) >= 11 is 3.26. The Balaban J connectivity index is 1.63. The number of nitrogens with one attached hydrogen (secondary N) is 1. The van der Waals surface area contributed by atoms with E-state index in [4.69, 9.17) is 0 Å². The second kappa shape index (κ2) is 6.29. The van der Waals surface area contributed by atoms with Crippen LogP contribution in [-0.2, 0) is 12.8 Å². The molecular formula is C18H19BrFN. The Hall–Kier alpha value is -1.19. The fourth-order valence-corrected chi connectivity index (χ4v) is 3.47. The lowest BCUT2D eigenvalue weighted by atomic mass is 10.1. The summed E-state index contributed by atoms with van der Waals surface area (Å²) in [6.07, 6.45) is 2.81. The van der Waals surface area contributed by atoms with Gasteiger partial charge in [0, 0.05) is 6.04 Å². The van der Waals surface area contributed by atoms with Gasteiger partial charge < -0.3 is 5.32 Å². The summed E-state index contributed by atoms with van der Waals surface area (Å²) < 4.78 is 14.6. The molecule has 0 fully saturated rings. The van der Waals surface area contributed by atoms with Crippen molar-refractivity contribution >= 4 is 15.9 Å². The number of aryl methyl sites for hydroxylation is 1. The highest BCUT2D eigenvalue weighted by molar-refractivity contribution is 9.10. The van der Waals surface area contributed by atoms with Crippen LogP contribution in [0.1, 0.15) is 34.7 Å². The second-order valence-corrected chi connectivity index (χ2v) is 6.57. The molecule has 3 heteroatoms. The molecule has 0 saturated heterocycles. The minimum atomic E-state index is -0.0875. The van der Waals surface area contributed by atoms with Crippen molar-refractivity contribution in [3.8, 4) is 0 Å². The Labute approximate surface area is 133 Å². The maximum Gasteiger partial charge on any atom is 0.140 e. The van der Waals surface area contributed by atoms with Gasteiger partial charge in [0.15, 0.2) is 0 Å². The van der Waals surface area contributed by atoms with Gasteiger partial charge in [0.1, 0.15) is 5.82 Å². The lowest BCUT2D eigenvalue weighted by Crippen LogP contribution is -2.22. The lowest BCUT2D eigenvalue weighted by molar-refractivity contribution is 0.533. The van der Waals surface area contributed by atoms with Crippen LogP contribution in [0.2, 0.25) is 0 Å². The molecule has 2 aromatic rings. The molecular weight excluding hydrogens is 329 g/mol. The lowest BCUT2D eigenvalue weighted by Gasteiger charge is -2.14. The van der Waals surface area contributed by atoms with Crippen molar-refractivity contribution in [1.82, 2.24) is 5.32 Å². The molecule has 110 valence electrons. The predicted molar refractivity (Wildman–Crippen MR) is 88.0 cm³/mol. The minimum Gasteiger partial charge on any atom is -0.310 e. The van der Waals surface area contributed by atoms with Crippen LogP contribution in [0, 0.1) is 12.7 Å². The van der Waals surface area contributed by atoms with Crippen molar-refractivity contribution in [1.29, 1.82) is 0 Å². The topological polar surface area (TPSA) is 12.0 Å². The summed E-state index contributed by atoms with van der Waals surface area (Å²) in [4.78, 5) is 0. The van der Waals surface area contributed by atoms with E-state index in [-0.39, 0.29) is 11.9 Å². The molecule has 0 saturated carbocycles. The molecule has 2 aromatic carbocycles. The molecule has 1 nitrogen and oxygen atoms in total. The number of fused-ring (bicyclic) bond motifs is 1. The zero-order valence-corrected chi connectivity index (χ0v) is 13.7. The molecule has 0 amide bonds. The minimum absolute atomic E-state index is 0.0875. The molecule has 3 rings (SSSR count). The van der Waals surface area contributed by atoms with Gasteiger partial charge in [-0.25, -0.2) is 4.39 Å². The molecule has 0 bridgehead atoms. The Bertz CT molecular complexity index is 654. The summed E-state index contributed by atoms with van der Waals surface area (Å²) in [5.41, 5.74) is 4.64. The molecule has 1 N–H and O–H groups in total. The maximum absolute atomic E-state index is 14.0. The van der Waals surface area contributed by atoms with Crippen molar-refractivity contribution < 1.29 is 4.39 Å². The highest BCUT2D eigenvalue weighted by atomic mass is 79.9. The van der Waals surface area contributed by atoms with Gasteiger partial charge in [0.05, 0.1) is 4.47 Å². The van der Waals surface area contributed by atoms with Gasteiger partial charge in [-0.3, -0.25) is 0 Å². The maximum atomic E-state index is 14.0. The molecule has 0 aromatic heterocycles. The van der Waals surface area contributed by atoms with Crippen LogP contribution < -0.4 is 5.32 Å². The fraction of sp³-hybridized carbons (Fsp3) is 0.333. The van der Waals surface area contributed by atoms with Crippen molar-refractivity contribution in [2.24, 2.45) is 0 Å². The first-order chi connectivity index (χ1) is 10.1. The number of rotatable bonds is 4. The summed E-state index contributed by atoms with van der Waals surface area (Å²) in [5.74, 6) is -0.0875. The smallest absolute Gasteiger partial charge is 0.140 e. The highest BCUT2D eigenvalue weighted by Gasteiger charge is 2.25. The van der Waals surface area contributed by atoms with Crippen molar-refractivity contribution in [2.45, 2.75) is 32.2 Å². The van der Waals surface area contributed by atoms with Gasteiger partial charge in [-0.1, -0.05) is 35.9 Å². The zero-order chi connectivity index (χ0) is 14.8. The van der Waals surface area contributed by atoms with Crippen LogP contribution >= 0.6 is 15.9 Å². The van der Waals surface area contributed by atoms with Gasteiger partial charge in [-0.05, 0) is 71.4 Å². The third-order valence-corrected chi connectivity index (χ3v) is 4.79. The van der Waals surface area contributed by atoms with Gasteiger partial charge >= 0.3 is 0 Å². The largest absolute Gasteiger partial charge is 0.310 e. The number of halogens is 2. The van der Waals surface area contributed by atoms with Crippen LogP contribution in [-0.4, -0.2) is 6.54 Å². The first kappa shape index (κ1) is 14.7.